The highest BCUT2D eigenvalue weighted by atomic mass is 15.1. The lowest BCUT2D eigenvalue weighted by Gasteiger charge is -2.44. The Labute approximate surface area is 256 Å². The van der Waals surface area contributed by atoms with E-state index in [1.165, 1.54) is 88.0 Å². The van der Waals surface area contributed by atoms with Gasteiger partial charge in [-0.1, -0.05) is 140 Å². The Kier molecular flexibility index (Phi) is 4.87. The maximum Gasteiger partial charge on any atom is 0.330 e. The van der Waals surface area contributed by atoms with Crippen molar-refractivity contribution < 1.29 is 0 Å². The normalized spacial score (nSPS) is 12.9. The van der Waals surface area contributed by atoms with Crippen molar-refractivity contribution in [3.8, 4) is 33.4 Å². The highest BCUT2D eigenvalue weighted by Gasteiger charge is 2.43. The minimum absolute atomic E-state index is 0.0613. The molecular weight excluding hydrogens is 529 g/mol. The van der Waals surface area contributed by atoms with Gasteiger partial charge in [0, 0.05) is 22.5 Å². The first-order valence-electron chi connectivity index (χ1n) is 15.4. The SMILES string of the molecule is c1ccc2c(c1)B1c3c(-c4ccc5c6ccccc6c6ccccc6c5c4)cccc3-c3ccccc3N1c1ccccc1-2. The quantitative estimate of drug-likeness (QED) is 0.144. The summed E-state index contributed by atoms with van der Waals surface area (Å²) in [5.74, 6) is 0. The van der Waals surface area contributed by atoms with Gasteiger partial charge in [0.1, 0.15) is 0 Å². The van der Waals surface area contributed by atoms with E-state index in [0.29, 0.717) is 0 Å². The summed E-state index contributed by atoms with van der Waals surface area (Å²) in [6.07, 6.45) is 0. The van der Waals surface area contributed by atoms with Crippen LogP contribution in [-0.2, 0) is 0 Å². The van der Waals surface area contributed by atoms with Gasteiger partial charge in [-0.15, -0.1) is 0 Å². The van der Waals surface area contributed by atoms with E-state index in [2.05, 4.69) is 163 Å². The van der Waals surface area contributed by atoms with E-state index >= 15 is 0 Å². The zero-order valence-electron chi connectivity index (χ0n) is 24.0. The Morgan fingerprint density at radius 1 is 0.341 bits per heavy atom. The van der Waals surface area contributed by atoms with Gasteiger partial charge in [-0.05, 0) is 83.7 Å². The third-order valence-corrected chi connectivity index (χ3v) is 9.86. The van der Waals surface area contributed by atoms with Crippen LogP contribution in [0.3, 0.4) is 0 Å². The third kappa shape index (κ3) is 3.15. The van der Waals surface area contributed by atoms with Gasteiger partial charge in [-0.3, -0.25) is 0 Å². The van der Waals surface area contributed by atoms with Gasteiger partial charge in [0.05, 0.1) is 0 Å². The van der Waals surface area contributed by atoms with E-state index < -0.39 is 0 Å². The number of fused-ring (bicyclic) bond motifs is 17. The molecule has 0 unspecified atom stereocenters. The molecule has 10 rings (SSSR count). The van der Waals surface area contributed by atoms with Gasteiger partial charge >= 0.3 is 6.85 Å². The fraction of sp³-hybridized carbons (Fsp3) is 0. The van der Waals surface area contributed by atoms with Crippen LogP contribution in [0.4, 0.5) is 11.4 Å². The van der Waals surface area contributed by atoms with E-state index in [-0.39, 0.29) is 6.85 Å². The zero-order chi connectivity index (χ0) is 28.8. The molecule has 8 aromatic carbocycles. The predicted octanol–water partition coefficient (Wildman–Crippen LogP) is 9.72. The van der Waals surface area contributed by atoms with Crippen LogP contribution in [0.1, 0.15) is 0 Å². The third-order valence-electron chi connectivity index (χ3n) is 9.86. The Morgan fingerprint density at radius 2 is 0.818 bits per heavy atom. The standard InChI is InChI=1S/C42H26BN/c1-2-14-31-29(12-1)30-13-3-4-15-32(30)38-26-27(24-25-33(31)38)28-19-11-20-37-36-18-7-10-23-41(36)44-40-22-9-6-17-35(40)34-16-5-8-21-39(34)43(44)42(28)37/h1-26H. The van der Waals surface area contributed by atoms with Crippen molar-refractivity contribution in [2.75, 3.05) is 4.81 Å². The second-order valence-corrected chi connectivity index (χ2v) is 12.0. The van der Waals surface area contributed by atoms with Crippen molar-refractivity contribution in [3.63, 3.8) is 0 Å². The van der Waals surface area contributed by atoms with Crippen molar-refractivity contribution in [2.24, 2.45) is 0 Å². The second-order valence-electron chi connectivity index (χ2n) is 12.0. The molecule has 2 heterocycles. The van der Waals surface area contributed by atoms with Gasteiger partial charge in [0.15, 0.2) is 0 Å². The van der Waals surface area contributed by atoms with Gasteiger partial charge in [0.25, 0.3) is 0 Å². The first kappa shape index (κ1) is 23.9. The molecule has 0 saturated carbocycles. The number of hydrogen-bond donors (Lipinski definition) is 0. The summed E-state index contributed by atoms with van der Waals surface area (Å²) in [6.45, 7) is 0.0613. The van der Waals surface area contributed by atoms with Crippen molar-refractivity contribution in [1.29, 1.82) is 0 Å². The summed E-state index contributed by atoms with van der Waals surface area (Å²) in [5, 5.41) is 7.83. The van der Waals surface area contributed by atoms with Crippen molar-refractivity contribution in [2.45, 2.75) is 0 Å². The molecule has 0 aromatic heterocycles. The first-order chi connectivity index (χ1) is 21.9. The largest absolute Gasteiger partial charge is 0.376 e. The van der Waals surface area contributed by atoms with E-state index in [1.54, 1.807) is 0 Å². The molecule has 0 amide bonds. The minimum atomic E-state index is 0.0613. The van der Waals surface area contributed by atoms with Crippen LogP contribution in [0.15, 0.2) is 158 Å². The van der Waals surface area contributed by atoms with E-state index in [0.717, 1.165) is 0 Å². The summed E-state index contributed by atoms with van der Waals surface area (Å²) in [6, 6.07) is 58.5. The number of rotatable bonds is 1. The Morgan fingerprint density at radius 3 is 1.50 bits per heavy atom. The van der Waals surface area contributed by atoms with Crippen molar-refractivity contribution in [3.05, 3.63) is 158 Å². The van der Waals surface area contributed by atoms with Crippen LogP contribution < -0.4 is 15.7 Å². The number of anilines is 2. The van der Waals surface area contributed by atoms with E-state index in [1.807, 2.05) is 0 Å². The highest BCUT2D eigenvalue weighted by molar-refractivity contribution is 6.93. The lowest BCUT2D eigenvalue weighted by molar-refractivity contribution is 1.35. The average Bonchev–Trinajstić information content (AvgIpc) is 3.11. The summed E-state index contributed by atoms with van der Waals surface area (Å²) >= 11 is 0. The highest BCUT2D eigenvalue weighted by Crippen LogP contribution is 2.47. The molecular formula is C42H26BN. The van der Waals surface area contributed by atoms with E-state index in [4.69, 9.17) is 0 Å². The Hall–Kier alpha value is -5.60. The van der Waals surface area contributed by atoms with Crippen LogP contribution in [0.25, 0.3) is 65.7 Å². The fourth-order valence-corrected chi connectivity index (χ4v) is 8.06. The fourth-order valence-electron chi connectivity index (χ4n) is 8.06. The number of nitrogens with zero attached hydrogens (tertiary/aromatic N) is 1. The molecule has 0 aliphatic carbocycles. The molecule has 1 nitrogen and oxygen atoms in total. The molecule has 202 valence electrons. The van der Waals surface area contributed by atoms with Crippen LogP contribution in [0.2, 0.25) is 0 Å². The zero-order valence-corrected chi connectivity index (χ0v) is 24.0. The lowest BCUT2D eigenvalue weighted by Crippen LogP contribution is -2.60. The molecule has 2 heteroatoms. The second kappa shape index (κ2) is 8.95. The molecule has 0 N–H and O–H groups in total. The monoisotopic (exact) mass is 555 g/mol. The topological polar surface area (TPSA) is 3.24 Å². The predicted molar refractivity (Wildman–Crippen MR) is 189 cm³/mol. The summed E-state index contributed by atoms with van der Waals surface area (Å²) < 4.78 is 0. The van der Waals surface area contributed by atoms with Crippen molar-refractivity contribution in [1.82, 2.24) is 0 Å². The molecule has 0 fully saturated rings. The van der Waals surface area contributed by atoms with Gasteiger partial charge in [-0.2, -0.15) is 0 Å². The molecule has 0 spiro atoms. The van der Waals surface area contributed by atoms with Crippen LogP contribution >= 0.6 is 0 Å². The summed E-state index contributed by atoms with van der Waals surface area (Å²) in [4.78, 5) is 2.59. The van der Waals surface area contributed by atoms with Crippen LogP contribution in [0.5, 0.6) is 0 Å². The Bertz CT molecular complexity index is 2440. The molecule has 0 bridgehead atoms. The number of hydrogen-bond acceptors (Lipinski definition) is 1. The average molecular weight is 555 g/mol. The van der Waals surface area contributed by atoms with E-state index in [9.17, 15) is 0 Å². The molecule has 0 radical (unpaired) electrons. The van der Waals surface area contributed by atoms with Gasteiger partial charge in [0.2, 0.25) is 0 Å². The molecule has 2 aliphatic rings. The van der Waals surface area contributed by atoms with Crippen LogP contribution in [0, 0.1) is 0 Å². The first-order valence-corrected chi connectivity index (χ1v) is 15.4. The molecule has 44 heavy (non-hydrogen) atoms. The lowest BCUT2D eigenvalue weighted by atomic mass is 9.42. The Balaban J connectivity index is 1.31. The molecule has 8 aromatic rings. The number of benzene rings is 8. The van der Waals surface area contributed by atoms with Crippen molar-refractivity contribution >= 4 is 61.5 Å². The molecule has 0 saturated heterocycles. The van der Waals surface area contributed by atoms with Gasteiger partial charge < -0.3 is 4.81 Å². The summed E-state index contributed by atoms with van der Waals surface area (Å²) in [5.41, 5.74) is 13.0. The van der Waals surface area contributed by atoms with Gasteiger partial charge in [-0.25, -0.2) is 0 Å². The molecule has 0 atom stereocenters. The number of para-hydroxylation sites is 2. The maximum atomic E-state index is 2.59. The smallest absolute Gasteiger partial charge is 0.330 e. The summed E-state index contributed by atoms with van der Waals surface area (Å²) in [7, 11) is 0. The maximum absolute atomic E-state index is 2.59. The van der Waals surface area contributed by atoms with Crippen LogP contribution in [-0.4, -0.2) is 6.85 Å². The minimum Gasteiger partial charge on any atom is -0.376 e. The molecule has 2 aliphatic heterocycles.